The lowest BCUT2D eigenvalue weighted by Gasteiger charge is -2.07. The minimum atomic E-state index is -0.0759. The Labute approximate surface area is 99.5 Å². The standard InChI is InChI=1S/C12H15N3O2/c1-8(2)15-12(13-7-14-15)6-10(16)11-5-4-9(3)17-11/h4-5,7-8H,6H2,1-3H3. The molecule has 0 bridgehead atoms. The van der Waals surface area contributed by atoms with Crippen molar-refractivity contribution in [3.63, 3.8) is 0 Å². The Morgan fingerprint density at radius 1 is 1.47 bits per heavy atom. The molecule has 5 nitrogen and oxygen atoms in total. The lowest BCUT2D eigenvalue weighted by atomic mass is 10.2. The summed E-state index contributed by atoms with van der Waals surface area (Å²) in [5, 5.41) is 4.09. The molecule has 0 spiro atoms. The number of ketones is 1. The van der Waals surface area contributed by atoms with Crippen molar-refractivity contribution in [2.24, 2.45) is 0 Å². The molecule has 0 atom stereocenters. The molecule has 0 aliphatic heterocycles. The van der Waals surface area contributed by atoms with Gasteiger partial charge in [-0.05, 0) is 32.9 Å². The van der Waals surface area contributed by atoms with E-state index < -0.39 is 0 Å². The van der Waals surface area contributed by atoms with Crippen LogP contribution in [-0.4, -0.2) is 20.5 Å². The fourth-order valence-corrected chi connectivity index (χ4v) is 1.65. The van der Waals surface area contributed by atoms with Crippen LogP contribution in [0.1, 0.15) is 42.0 Å². The second-order valence-electron chi connectivity index (χ2n) is 4.22. The Bertz CT molecular complexity index is 525. The molecule has 0 saturated carbocycles. The Kier molecular flexibility index (Phi) is 3.08. The average molecular weight is 233 g/mol. The molecule has 0 radical (unpaired) electrons. The third-order valence-electron chi connectivity index (χ3n) is 2.47. The van der Waals surface area contributed by atoms with Crippen LogP contribution in [0.15, 0.2) is 22.9 Å². The summed E-state index contributed by atoms with van der Waals surface area (Å²) in [6, 6.07) is 3.66. The second kappa shape index (κ2) is 4.53. The summed E-state index contributed by atoms with van der Waals surface area (Å²) >= 11 is 0. The molecule has 0 amide bonds. The minimum Gasteiger partial charge on any atom is -0.458 e. The molecule has 0 aliphatic rings. The topological polar surface area (TPSA) is 60.9 Å². The van der Waals surface area contributed by atoms with E-state index in [-0.39, 0.29) is 18.2 Å². The summed E-state index contributed by atoms with van der Waals surface area (Å²) < 4.78 is 7.03. The van der Waals surface area contributed by atoms with Gasteiger partial charge in [0.05, 0.1) is 6.42 Å². The fraction of sp³-hybridized carbons (Fsp3) is 0.417. The maximum Gasteiger partial charge on any atom is 0.205 e. The van der Waals surface area contributed by atoms with Crippen LogP contribution in [0.5, 0.6) is 0 Å². The summed E-state index contributed by atoms with van der Waals surface area (Å²) in [7, 11) is 0. The summed E-state index contributed by atoms with van der Waals surface area (Å²) in [4.78, 5) is 16.0. The van der Waals surface area contributed by atoms with Gasteiger partial charge in [0.2, 0.25) is 5.78 Å². The highest BCUT2D eigenvalue weighted by molar-refractivity contribution is 5.94. The van der Waals surface area contributed by atoms with Gasteiger partial charge in [-0.25, -0.2) is 9.67 Å². The monoisotopic (exact) mass is 233 g/mol. The lowest BCUT2D eigenvalue weighted by Crippen LogP contribution is -2.12. The zero-order valence-corrected chi connectivity index (χ0v) is 10.2. The molecular weight excluding hydrogens is 218 g/mol. The van der Waals surface area contributed by atoms with Crippen LogP contribution in [0.4, 0.5) is 0 Å². The van der Waals surface area contributed by atoms with Crippen LogP contribution in [0, 0.1) is 6.92 Å². The van der Waals surface area contributed by atoms with Crippen molar-refractivity contribution in [2.75, 3.05) is 0 Å². The van der Waals surface area contributed by atoms with Gasteiger partial charge in [-0.1, -0.05) is 0 Å². The van der Waals surface area contributed by atoms with Crippen LogP contribution in [0.3, 0.4) is 0 Å². The molecule has 90 valence electrons. The molecule has 2 aromatic heterocycles. The van der Waals surface area contributed by atoms with E-state index in [1.807, 2.05) is 20.8 Å². The van der Waals surface area contributed by atoms with Crippen molar-refractivity contribution in [2.45, 2.75) is 33.2 Å². The van der Waals surface area contributed by atoms with Gasteiger partial charge in [0, 0.05) is 6.04 Å². The highest BCUT2D eigenvalue weighted by atomic mass is 16.3. The molecule has 17 heavy (non-hydrogen) atoms. The zero-order valence-electron chi connectivity index (χ0n) is 10.2. The number of carbonyl (C=O) groups is 1. The van der Waals surface area contributed by atoms with E-state index in [9.17, 15) is 4.79 Å². The average Bonchev–Trinajstić information content (AvgIpc) is 2.86. The predicted octanol–water partition coefficient (Wildman–Crippen LogP) is 2.19. The van der Waals surface area contributed by atoms with Crippen molar-refractivity contribution < 1.29 is 9.21 Å². The SMILES string of the molecule is Cc1ccc(C(=O)Cc2ncnn2C(C)C)o1. The molecule has 5 heteroatoms. The van der Waals surface area contributed by atoms with Crippen LogP contribution in [0.2, 0.25) is 0 Å². The van der Waals surface area contributed by atoms with Crippen LogP contribution in [-0.2, 0) is 6.42 Å². The number of rotatable bonds is 4. The first-order chi connectivity index (χ1) is 8.08. The van der Waals surface area contributed by atoms with Gasteiger partial charge >= 0.3 is 0 Å². The largest absolute Gasteiger partial charge is 0.458 e. The van der Waals surface area contributed by atoms with Gasteiger partial charge in [0.15, 0.2) is 5.76 Å². The number of furan rings is 1. The molecule has 0 N–H and O–H groups in total. The summed E-state index contributed by atoms with van der Waals surface area (Å²) in [6.07, 6.45) is 1.68. The van der Waals surface area contributed by atoms with E-state index in [2.05, 4.69) is 10.1 Å². The van der Waals surface area contributed by atoms with Crippen LogP contribution >= 0.6 is 0 Å². The minimum absolute atomic E-state index is 0.0759. The van der Waals surface area contributed by atoms with E-state index in [4.69, 9.17) is 4.42 Å². The summed E-state index contributed by atoms with van der Waals surface area (Å²) in [5.41, 5.74) is 0. The summed E-state index contributed by atoms with van der Waals surface area (Å²) in [6.45, 7) is 5.81. The van der Waals surface area contributed by atoms with Crippen molar-refractivity contribution in [3.8, 4) is 0 Å². The van der Waals surface area contributed by atoms with E-state index in [1.165, 1.54) is 6.33 Å². The Hall–Kier alpha value is -1.91. The summed E-state index contributed by atoms with van der Waals surface area (Å²) in [5.74, 6) is 1.70. The number of aromatic nitrogens is 3. The first-order valence-corrected chi connectivity index (χ1v) is 5.56. The molecule has 2 rings (SSSR count). The van der Waals surface area contributed by atoms with Crippen molar-refractivity contribution >= 4 is 5.78 Å². The number of Topliss-reactive ketones (excluding diaryl/α,β-unsaturated/α-hetero) is 1. The third-order valence-corrected chi connectivity index (χ3v) is 2.47. The first kappa shape index (κ1) is 11.6. The fourth-order valence-electron chi connectivity index (χ4n) is 1.65. The number of carbonyl (C=O) groups excluding carboxylic acids is 1. The smallest absolute Gasteiger partial charge is 0.205 e. The van der Waals surface area contributed by atoms with Gasteiger partial charge in [-0.2, -0.15) is 5.10 Å². The van der Waals surface area contributed by atoms with E-state index in [0.717, 1.165) is 5.76 Å². The van der Waals surface area contributed by atoms with E-state index in [0.29, 0.717) is 11.6 Å². The first-order valence-electron chi connectivity index (χ1n) is 5.56. The molecular formula is C12H15N3O2. The van der Waals surface area contributed by atoms with Gasteiger partial charge < -0.3 is 4.42 Å². The second-order valence-corrected chi connectivity index (χ2v) is 4.22. The highest BCUT2D eigenvalue weighted by Gasteiger charge is 2.16. The number of hydrogen-bond donors (Lipinski definition) is 0. The molecule has 0 aliphatic carbocycles. The van der Waals surface area contributed by atoms with E-state index >= 15 is 0 Å². The van der Waals surface area contributed by atoms with Crippen molar-refractivity contribution in [1.82, 2.24) is 14.8 Å². The molecule has 0 aromatic carbocycles. The molecule has 2 aromatic rings. The number of aryl methyl sites for hydroxylation is 1. The molecule has 0 saturated heterocycles. The van der Waals surface area contributed by atoms with E-state index in [1.54, 1.807) is 16.8 Å². The molecule has 0 fully saturated rings. The van der Waals surface area contributed by atoms with Gasteiger partial charge in [0.25, 0.3) is 0 Å². The Morgan fingerprint density at radius 3 is 2.82 bits per heavy atom. The highest BCUT2D eigenvalue weighted by Crippen LogP contribution is 2.11. The Morgan fingerprint density at radius 2 is 2.24 bits per heavy atom. The molecule has 2 heterocycles. The molecule has 0 unspecified atom stereocenters. The number of nitrogens with zero attached hydrogens (tertiary/aromatic N) is 3. The van der Waals surface area contributed by atoms with Gasteiger partial charge in [-0.15, -0.1) is 0 Å². The maximum absolute atomic E-state index is 11.9. The van der Waals surface area contributed by atoms with Crippen LogP contribution in [0.25, 0.3) is 0 Å². The van der Waals surface area contributed by atoms with Crippen LogP contribution < -0.4 is 0 Å². The van der Waals surface area contributed by atoms with Crippen molar-refractivity contribution in [1.29, 1.82) is 0 Å². The third kappa shape index (κ3) is 2.43. The maximum atomic E-state index is 11.9. The zero-order chi connectivity index (χ0) is 12.4. The normalized spacial score (nSPS) is 11.1. The van der Waals surface area contributed by atoms with Gasteiger partial charge in [0.1, 0.15) is 17.9 Å². The quantitative estimate of drug-likeness (QED) is 0.759. The predicted molar refractivity (Wildman–Crippen MR) is 61.9 cm³/mol. The van der Waals surface area contributed by atoms with Crippen molar-refractivity contribution in [3.05, 3.63) is 35.8 Å². The Balaban J connectivity index is 2.16. The lowest BCUT2D eigenvalue weighted by molar-refractivity contribution is 0.0961. The van der Waals surface area contributed by atoms with Gasteiger partial charge in [-0.3, -0.25) is 4.79 Å². The number of hydrogen-bond acceptors (Lipinski definition) is 4.